The molecule has 5 aromatic rings. The quantitative estimate of drug-likeness (QED) is 0.0820. The van der Waals surface area contributed by atoms with Gasteiger partial charge in [0.1, 0.15) is 34.8 Å². The van der Waals surface area contributed by atoms with E-state index in [4.69, 9.17) is 23.4 Å². The molecule has 0 fully saturated rings. The minimum Gasteiger partial charge on any atom is -0.497 e. The molecule has 0 aliphatic carbocycles. The van der Waals surface area contributed by atoms with E-state index in [0.717, 1.165) is 72.7 Å². The van der Waals surface area contributed by atoms with Gasteiger partial charge in [-0.2, -0.15) is 10.2 Å². The average molecular weight is 607 g/mol. The molecular formula is C37H38N2O6. The van der Waals surface area contributed by atoms with Gasteiger partial charge in [0.2, 0.25) is 0 Å². The van der Waals surface area contributed by atoms with Gasteiger partial charge in [0, 0.05) is 6.07 Å². The number of hydrogen-bond acceptors (Lipinski definition) is 8. The number of ether oxygens (including phenoxy) is 4. The van der Waals surface area contributed by atoms with Crippen molar-refractivity contribution in [2.24, 2.45) is 10.2 Å². The van der Waals surface area contributed by atoms with Gasteiger partial charge >= 0.3 is 0 Å². The molecule has 0 saturated heterocycles. The van der Waals surface area contributed by atoms with Crippen molar-refractivity contribution in [3.8, 4) is 34.1 Å². The Morgan fingerprint density at radius 3 is 1.64 bits per heavy atom. The minimum atomic E-state index is -0.0692. The number of fused-ring (bicyclic) bond motifs is 1. The standard InChI is InChI=1S/C37H38N2O6/c1-41-30-15-9-27(10-16-30)35-26-45-36-25-33(21-22-34(36)37(35)40)44-24-8-6-4-3-5-7-23-43-32-19-13-29(14-20-32)39-38-28-11-17-31(42-2)18-12-28/h9-22,25-26H,3-8,23-24H2,1-2H3. The molecule has 0 saturated carbocycles. The van der Waals surface area contributed by atoms with E-state index in [9.17, 15) is 4.79 Å². The summed E-state index contributed by atoms with van der Waals surface area (Å²) in [5.41, 5.74) is 3.29. The lowest BCUT2D eigenvalue weighted by molar-refractivity contribution is 0.297. The van der Waals surface area contributed by atoms with Crippen molar-refractivity contribution in [1.82, 2.24) is 0 Å². The molecule has 0 aliphatic heterocycles. The Labute approximate surface area is 263 Å². The molecule has 1 aromatic heterocycles. The highest BCUT2D eigenvalue weighted by molar-refractivity contribution is 5.82. The van der Waals surface area contributed by atoms with Crippen molar-refractivity contribution < 1.29 is 23.4 Å². The smallest absolute Gasteiger partial charge is 0.200 e. The van der Waals surface area contributed by atoms with Crippen LogP contribution in [0.3, 0.4) is 0 Å². The number of hydrogen-bond donors (Lipinski definition) is 0. The molecule has 232 valence electrons. The van der Waals surface area contributed by atoms with E-state index < -0.39 is 0 Å². The monoisotopic (exact) mass is 606 g/mol. The van der Waals surface area contributed by atoms with Gasteiger partial charge in [-0.3, -0.25) is 4.79 Å². The number of nitrogens with zero attached hydrogens (tertiary/aromatic N) is 2. The number of benzene rings is 4. The second-order valence-corrected chi connectivity index (χ2v) is 10.6. The molecule has 5 rings (SSSR count). The second kappa shape index (κ2) is 16.1. The van der Waals surface area contributed by atoms with Crippen LogP contribution in [-0.4, -0.2) is 27.4 Å². The number of rotatable bonds is 16. The normalized spacial score (nSPS) is 11.2. The third-order valence-electron chi connectivity index (χ3n) is 7.41. The molecule has 45 heavy (non-hydrogen) atoms. The van der Waals surface area contributed by atoms with Crippen molar-refractivity contribution in [3.63, 3.8) is 0 Å². The zero-order valence-corrected chi connectivity index (χ0v) is 25.7. The van der Waals surface area contributed by atoms with Gasteiger partial charge in [-0.25, -0.2) is 0 Å². The van der Waals surface area contributed by atoms with Crippen LogP contribution in [0.5, 0.6) is 23.0 Å². The van der Waals surface area contributed by atoms with Crippen molar-refractivity contribution in [2.75, 3.05) is 27.4 Å². The fourth-order valence-corrected chi connectivity index (χ4v) is 4.83. The summed E-state index contributed by atoms with van der Waals surface area (Å²) in [7, 11) is 3.25. The Morgan fingerprint density at radius 1 is 0.578 bits per heavy atom. The first-order valence-electron chi connectivity index (χ1n) is 15.2. The van der Waals surface area contributed by atoms with Crippen molar-refractivity contribution in [1.29, 1.82) is 0 Å². The fourth-order valence-electron chi connectivity index (χ4n) is 4.83. The molecule has 0 bridgehead atoms. The van der Waals surface area contributed by atoms with E-state index in [1.54, 1.807) is 26.4 Å². The maximum atomic E-state index is 13.0. The van der Waals surface area contributed by atoms with Crippen LogP contribution in [0.15, 0.2) is 117 Å². The highest BCUT2D eigenvalue weighted by atomic mass is 16.5. The summed E-state index contributed by atoms with van der Waals surface area (Å²) >= 11 is 0. The van der Waals surface area contributed by atoms with Crippen molar-refractivity contribution in [2.45, 2.75) is 38.5 Å². The lowest BCUT2D eigenvalue weighted by Gasteiger charge is -2.08. The van der Waals surface area contributed by atoms with Gasteiger partial charge in [0.05, 0.1) is 49.8 Å². The van der Waals surface area contributed by atoms with Crippen LogP contribution < -0.4 is 24.4 Å². The van der Waals surface area contributed by atoms with Crippen LogP contribution in [0.25, 0.3) is 22.1 Å². The third-order valence-corrected chi connectivity index (χ3v) is 7.41. The van der Waals surface area contributed by atoms with Crippen LogP contribution in [0.1, 0.15) is 38.5 Å². The van der Waals surface area contributed by atoms with Crippen LogP contribution in [0, 0.1) is 0 Å². The highest BCUT2D eigenvalue weighted by Crippen LogP contribution is 2.26. The van der Waals surface area contributed by atoms with Crippen LogP contribution >= 0.6 is 0 Å². The second-order valence-electron chi connectivity index (χ2n) is 10.6. The first kappa shape index (κ1) is 31.3. The summed E-state index contributed by atoms with van der Waals surface area (Å²) in [6.07, 6.45) is 8.02. The zero-order chi connectivity index (χ0) is 31.3. The van der Waals surface area contributed by atoms with Crippen molar-refractivity contribution >= 4 is 22.3 Å². The molecule has 0 N–H and O–H groups in total. The van der Waals surface area contributed by atoms with Gasteiger partial charge in [0.15, 0.2) is 5.43 Å². The van der Waals surface area contributed by atoms with Gasteiger partial charge in [-0.1, -0.05) is 37.8 Å². The molecule has 0 spiro atoms. The van der Waals surface area contributed by atoms with E-state index in [2.05, 4.69) is 10.2 Å². The van der Waals surface area contributed by atoms with Gasteiger partial charge < -0.3 is 23.4 Å². The predicted octanol–water partition coefficient (Wildman–Crippen LogP) is 9.69. The molecule has 1 heterocycles. The molecular weight excluding hydrogens is 568 g/mol. The summed E-state index contributed by atoms with van der Waals surface area (Å²) in [6.45, 7) is 1.31. The van der Waals surface area contributed by atoms with E-state index in [-0.39, 0.29) is 5.43 Å². The first-order valence-corrected chi connectivity index (χ1v) is 15.2. The Balaban J connectivity index is 0.946. The fraction of sp³-hybridized carbons (Fsp3) is 0.270. The largest absolute Gasteiger partial charge is 0.497 e. The Morgan fingerprint density at radius 2 is 1.07 bits per heavy atom. The molecule has 0 radical (unpaired) electrons. The lowest BCUT2D eigenvalue weighted by Crippen LogP contribution is -2.05. The van der Waals surface area contributed by atoms with Gasteiger partial charge in [-0.05, 0) is 91.2 Å². The number of unbranched alkanes of at least 4 members (excludes halogenated alkanes) is 5. The molecule has 0 amide bonds. The van der Waals surface area contributed by atoms with E-state index in [1.807, 2.05) is 78.9 Å². The Bertz CT molecular complexity index is 1730. The molecule has 4 aromatic carbocycles. The highest BCUT2D eigenvalue weighted by Gasteiger charge is 2.10. The van der Waals surface area contributed by atoms with Gasteiger partial charge in [0.25, 0.3) is 0 Å². The molecule has 8 nitrogen and oxygen atoms in total. The predicted molar refractivity (Wildman–Crippen MR) is 177 cm³/mol. The summed E-state index contributed by atoms with van der Waals surface area (Å²) in [5.74, 6) is 3.06. The number of methoxy groups -OCH3 is 2. The molecule has 0 aliphatic rings. The van der Waals surface area contributed by atoms with Gasteiger partial charge in [-0.15, -0.1) is 0 Å². The topological polar surface area (TPSA) is 91.9 Å². The third kappa shape index (κ3) is 8.95. The van der Waals surface area contributed by atoms with Crippen LogP contribution in [-0.2, 0) is 0 Å². The lowest BCUT2D eigenvalue weighted by atomic mass is 10.1. The van der Waals surface area contributed by atoms with Crippen molar-refractivity contribution in [3.05, 3.63) is 107 Å². The maximum Gasteiger partial charge on any atom is 0.200 e. The molecule has 0 atom stereocenters. The summed E-state index contributed by atoms with van der Waals surface area (Å²) in [5, 5.41) is 9.06. The molecule has 0 unspecified atom stereocenters. The van der Waals surface area contributed by atoms with Crippen LogP contribution in [0.2, 0.25) is 0 Å². The number of azo groups is 1. The Hall–Kier alpha value is -5.11. The Kier molecular flexibility index (Phi) is 11.2. The summed E-state index contributed by atoms with van der Waals surface area (Å²) in [4.78, 5) is 13.0. The summed E-state index contributed by atoms with van der Waals surface area (Å²) in [6, 6.07) is 27.8. The SMILES string of the molecule is COc1ccc(N=Nc2ccc(OCCCCCCCCOc3ccc4c(=O)c(-c5ccc(OC)cc5)coc4c3)cc2)cc1. The van der Waals surface area contributed by atoms with E-state index in [0.29, 0.717) is 35.5 Å². The van der Waals surface area contributed by atoms with E-state index in [1.165, 1.54) is 6.26 Å². The average Bonchev–Trinajstić information content (AvgIpc) is 3.09. The maximum absolute atomic E-state index is 13.0. The zero-order valence-electron chi connectivity index (χ0n) is 25.7. The first-order chi connectivity index (χ1) is 22.1. The molecule has 8 heteroatoms. The summed E-state index contributed by atoms with van der Waals surface area (Å²) < 4.78 is 28.0. The minimum absolute atomic E-state index is 0.0692. The van der Waals surface area contributed by atoms with E-state index >= 15 is 0 Å². The van der Waals surface area contributed by atoms with Crippen LogP contribution in [0.4, 0.5) is 11.4 Å².